The highest BCUT2D eigenvalue weighted by atomic mass is 32.2. The SMILES string of the molecule is CCOC(=O)c1ccc(NC(=O)CN(c2cccc(F)c2)S(=O)(=O)c2ccc3c(c2)OCCO3)cc1. The van der Waals surface area contributed by atoms with E-state index < -0.39 is 34.3 Å². The minimum atomic E-state index is -4.31. The lowest BCUT2D eigenvalue weighted by molar-refractivity contribution is -0.114. The Kier molecular flexibility index (Phi) is 7.39. The van der Waals surface area contributed by atoms with Gasteiger partial charge in [0.1, 0.15) is 25.6 Å². The fourth-order valence-corrected chi connectivity index (χ4v) is 4.92. The molecule has 188 valence electrons. The highest BCUT2D eigenvalue weighted by Gasteiger charge is 2.29. The molecule has 0 fully saturated rings. The molecule has 1 aliphatic rings. The number of fused-ring (bicyclic) bond motifs is 1. The van der Waals surface area contributed by atoms with Crippen molar-refractivity contribution < 1.29 is 36.6 Å². The Morgan fingerprint density at radius 2 is 1.72 bits per heavy atom. The topological polar surface area (TPSA) is 111 Å². The third-order valence-electron chi connectivity index (χ3n) is 5.16. The van der Waals surface area contributed by atoms with Crippen LogP contribution < -0.4 is 19.1 Å². The van der Waals surface area contributed by atoms with Crippen LogP contribution in [-0.2, 0) is 19.6 Å². The van der Waals surface area contributed by atoms with E-state index in [1.807, 2.05) is 0 Å². The van der Waals surface area contributed by atoms with Crippen molar-refractivity contribution in [2.45, 2.75) is 11.8 Å². The fraction of sp³-hybridized carbons (Fsp3) is 0.200. The van der Waals surface area contributed by atoms with Crippen molar-refractivity contribution in [2.24, 2.45) is 0 Å². The lowest BCUT2D eigenvalue weighted by atomic mass is 10.2. The fourth-order valence-electron chi connectivity index (χ4n) is 3.49. The van der Waals surface area contributed by atoms with Gasteiger partial charge < -0.3 is 19.5 Å². The molecule has 36 heavy (non-hydrogen) atoms. The van der Waals surface area contributed by atoms with E-state index in [9.17, 15) is 22.4 Å². The Labute approximate surface area is 207 Å². The lowest BCUT2D eigenvalue weighted by Gasteiger charge is -2.25. The van der Waals surface area contributed by atoms with Gasteiger partial charge in [-0.2, -0.15) is 0 Å². The summed E-state index contributed by atoms with van der Waals surface area (Å²) in [7, 11) is -4.31. The standard InChI is InChI=1S/C25H23FN2O7S/c1-2-33-25(30)17-6-8-19(9-7-17)27-24(29)16-28(20-5-3-4-18(26)14-20)36(31,32)21-10-11-22-23(15-21)35-13-12-34-22/h3-11,14-15H,2,12-13,16H2,1H3,(H,27,29). The van der Waals surface area contributed by atoms with Crippen LogP contribution in [0.5, 0.6) is 11.5 Å². The van der Waals surface area contributed by atoms with Crippen LogP contribution in [0.25, 0.3) is 0 Å². The zero-order chi connectivity index (χ0) is 25.7. The van der Waals surface area contributed by atoms with E-state index in [2.05, 4.69) is 5.32 Å². The van der Waals surface area contributed by atoms with Crippen molar-refractivity contribution in [3.63, 3.8) is 0 Å². The van der Waals surface area contributed by atoms with Crippen LogP contribution in [-0.4, -0.2) is 46.7 Å². The van der Waals surface area contributed by atoms with Crippen molar-refractivity contribution in [3.8, 4) is 11.5 Å². The average Bonchev–Trinajstić information content (AvgIpc) is 2.87. The number of nitrogens with zero attached hydrogens (tertiary/aromatic N) is 1. The van der Waals surface area contributed by atoms with Gasteiger partial charge in [0, 0.05) is 11.8 Å². The van der Waals surface area contributed by atoms with E-state index in [-0.39, 0.29) is 29.5 Å². The van der Waals surface area contributed by atoms with Crippen LogP contribution in [0.3, 0.4) is 0 Å². The number of hydrogen-bond donors (Lipinski definition) is 1. The van der Waals surface area contributed by atoms with Gasteiger partial charge in [-0.05, 0) is 61.5 Å². The number of halogens is 1. The van der Waals surface area contributed by atoms with E-state index in [1.54, 1.807) is 6.92 Å². The summed E-state index contributed by atoms with van der Waals surface area (Å²) in [6, 6.07) is 15.0. The zero-order valence-electron chi connectivity index (χ0n) is 19.3. The number of ether oxygens (including phenoxy) is 3. The van der Waals surface area contributed by atoms with Crippen molar-refractivity contribution in [3.05, 3.63) is 78.1 Å². The summed E-state index contributed by atoms with van der Waals surface area (Å²) in [5, 5.41) is 2.59. The predicted molar refractivity (Wildman–Crippen MR) is 129 cm³/mol. The van der Waals surface area contributed by atoms with Crippen LogP contribution in [0.4, 0.5) is 15.8 Å². The van der Waals surface area contributed by atoms with Gasteiger partial charge in [-0.3, -0.25) is 9.10 Å². The van der Waals surface area contributed by atoms with Crippen LogP contribution >= 0.6 is 0 Å². The largest absolute Gasteiger partial charge is 0.486 e. The van der Waals surface area contributed by atoms with Crippen LogP contribution in [0.2, 0.25) is 0 Å². The van der Waals surface area contributed by atoms with E-state index >= 15 is 0 Å². The minimum Gasteiger partial charge on any atom is -0.486 e. The quantitative estimate of drug-likeness (QED) is 0.457. The molecule has 3 aromatic carbocycles. The molecule has 0 saturated carbocycles. The number of amides is 1. The number of esters is 1. The average molecular weight is 515 g/mol. The second-order valence-corrected chi connectivity index (χ2v) is 9.51. The maximum Gasteiger partial charge on any atom is 0.338 e. The van der Waals surface area contributed by atoms with Gasteiger partial charge in [0.2, 0.25) is 5.91 Å². The summed E-state index contributed by atoms with van der Waals surface area (Å²) in [4.78, 5) is 24.5. The molecule has 11 heteroatoms. The number of hydrogen-bond acceptors (Lipinski definition) is 7. The van der Waals surface area contributed by atoms with Crippen molar-refractivity contribution >= 4 is 33.3 Å². The first-order chi connectivity index (χ1) is 17.3. The van der Waals surface area contributed by atoms with Crippen LogP contribution in [0.1, 0.15) is 17.3 Å². The van der Waals surface area contributed by atoms with Crippen LogP contribution in [0, 0.1) is 5.82 Å². The molecular formula is C25H23FN2O7S. The first-order valence-electron chi connectivity index (χ1n) is 11.0. The summed E-state index contributed by atoms with van der Waals surface area (Å²) >= 11 is 0. The maximum atomic E-state index is 14.0. The molecule has 0 radical (unpaired) electrons. The lowest BCUT2D eigenvalue weighted by Crippen LogP contribution is -2.38. The van der Waals surface area contributed by atoms with Gasteiger partial charge in [0.05, 0.1) is 22.8 Å². The Balaban J connectivity index is 1.59. The van der Waals surface area contributed by atoms with Gasteiger partial charge in [-0.25, -0.2) is 17.6 Å². The Morgan fingerprint density at radius 1 is 1.00 bits per heavy atom. The molecule has 0 bridgehead atoms. The predicted octanol–water partition coefficient (Wildman–Crippen LogP) is 3.61. The molecule has 0 aromatic heterocycles. The minimum absolute atomic E-state index is 0.0299. The van der Waals surface area contributed by atoms with E-state index in [0.29, 0.717) is 23.6 Å². The number of benzene rings is 3. The third kappa shape index (κ3) is 5.57. The van der Waals surface area contributed by atoms with Gasteiger partial charge in [-0.15, -0.1) is 0 Å². The van der Waals surface area contributed by atoms with E-state index in [1.165, 1.54) is 60.7 Å². The maximum absolute atomic E-state index is 14.0. The summed E-state index contributed by atoms with van der Waals surface area (Å²) in [6.45, 7) is 1.89. The molecule has 0 aliphatic carbocycles. The molecular weight excluding hydrogens is 491 g/mol. The highest BCUT2D eigenvalue weighted by Crippen LogP contribution is 2.34. The van der Waals surface area contributed by atoms with Gasteiger partial charge in [0.25, 0.3) is 10.0 Å². The smallest absolute Gasteiger partial charge is 0.338 e. The molecule has 0 spiro atoms. The Hall–Kier alpha value is -4.12. The monoisotopic (exact) mass is 514 g/mol. The Morgan fingerprint density at radius 3 is 2.42 bits per heavy atom. The molecule has 1 amide bonds. The molecule has 1 N–H and O–H groups in total. The van der Waals surface area contributed by atoms with Crippen LogP contribution in [0.15, 0.2) is 71.6 Å². The number of anilines is 2. The molecule has 0 atom stereocenters. The summed E-state index contributed by atoms with van der Waals surface area (Å²) < 4.78 is 57.8. The molecule has 4 rings (SSSR count). The first-order valence-corrected chi connectivity index (χ1v) is 12.5. The molecule has 0 unspecified atom stereocenters. The number of carbonyl (C=O) groups is 2. The summed E-state index contributed by atoms with van der Waals surface area (Å²) in [6.07, 6.45) is 0. The number of nitrogens with one attached hydrogen (secondary N) is 1. The number of carbonyl (C=O) groups excluding carboxylic acids is 2. The van der Waals surface area contributed by atoms with E-state index in [4.69, 9.17) is 14.2 Å². The highest BCUT2D eigenvalue weighted by molar-refractivity contribution is 7.92. The molecule has 9 nitrogen and oxygen atoms in total. The molecule has 3 aromatic rings. The molecule has 1 aliphatic heterocycles. The first kappa shape index (κ1) is 25.0. The van der Waals surface area contributed by atoms with Gasteiger partial charge in [0.15, 0.2) is 11.5 Å². The second kappa shape index (κ2) is 10.6. The van der Waals surface area contributed by atoms with Gasteiger partial charge in [-0.1, -0.05) is 6.07 Å². The third-order valence-corrected chi connectivity index (χ3v) is 6.93. The van der Waals surface area contributed by atoms with E-state index in [0.717, 1.165) is 10.4 Å². The zero-order valence-corrected chi connectivity index (χ0v) is 20.1. The Bertz CT molecular complexity index is 1380. The molecule has 0 saturated heterocycles. The number of rotatable bonds is 8. The molecule has 1 heterocycles. The normalized spacial score (nSPS) is 12.5. The second-order valence-electron chi connectivity index (χ2n) is 7.64. The number of sulfonamides is 1. The summed E-state index contributed by atoms with van der Waals surface area (Å²) in [5.74, 6) is -1.18. The van der Waals surface area contributed by atoms with Crippen molar-refractivity contribution in [1.29, 1.82) is 0 Å². The van der Waals surface area contributed by atoms with Gasteiger partial charge >= 0.3 is 5.97 Å². The van der Waals surface area contributed by atoms with Crippen molar-refractivity contribution in [2.75, 3.05) is 36.0 Å². The van der Waals surface area contributed by atoms with Crippen molar-refractivity contribution in [1.82, 2.24) is 0 Å². The summed E-state index contributed by atoms with van der Waals surface area (Å²) in [5.41, 5.74) is 0.610.